The van der Waals surface area contributed by atoms with Crippen LogP contribution in [-0.4, -0.2) is 41.5 Å². The molecule has 0 aliphatic carbocycles. The Morgan fingerprint density at radius 1 is 1.29 bits per heavy atom. The van der Waals surface area contributed by atoms with Crippen molar-refractivity contribution in [2.45, 2.75) is 19.9 Å². The van der Waals surface area contributed by atoms with Gasteiger partial charge in [-0.15, -0.1) is 0 Å². The van der Waals surface area contributed by atoms with Crippen LogP contribution in [0.4, 0.5) is 10.2 Å². The molecule has 3 rings (SSSR count). The minimum Gasteiger partial charge on any atom is -0.353 e. The van der Waals surface area contributed by atoms with Crippen LogP contribution >= 0.6 is 15.9 Å². The van der Waals surface area contributed by atoms with Gasteiger partial charge in [-0.1, -0.05) is 22.0 Å². The molecular weight excluding hydrogens is 373 g/mol. The largest absolute Gasteiger partial charge is 0.353 e. The molecule has 126 valence electrons. The van der Waals surface area contributed by atoms with Crippen LogP contribution in [0.25, 0.3) is 0 Å². The molecule has 1 amide bonds. The lowest BCUT2D eigenvalue weighted by Gasteiger charge is -2.40. The maximum absolute atomic E-state index is 14.0. The van der Waals surface area contributed by atoms with Crippen LogP contribution < -0.4 is 4.90 Å². The predicted octanol–water partition coefficient (Wildman–Crippen LogP) is 3.64. The number of aryl methyl sites for hydroxylation is 1. The van der Waals surface area contributed by atoms with Crippen LogP contribution in [-0.2, 0) is 0 Å². The Balaban J connectivity index is 1.76. The molecular formula is C18H19BrFN3O. The van der Waals surface area contributed by atoms with Gasteiger partial charge in [0.05, 0.1) is 5.56 Å². The summed E-state index contributed by atoms with van der Waals surface area (Å²) in [7, 11) is 0. The highest BCUT2D eigenvalue weighted by Gasteiger charge is 2.30. The van der Waals surface area contributed by atoms with Crippen molar-refractivity contribution >= 4 is 27.7 Å². The molecule has 1 aromatic heterocycles. The van der Waals surface area contributed by atoms with Gasteiger partial charge in [-0.05, 0) is 44.2 Å². The molecule has 0 radical (unpaired) electrons. The smallest absolute Gasteiger partial charge is 0.257 e. The third-order valence-corrected chi connectivity index (χ3v) is 4.74. The number of nitrogens with zero attached hydrogens (tertiary/aromatic N) is 3. The number of carbonyl (C=O) groups is 1. The van der Waals surface area contributed by atoms with E-state index in [2.05, 4.69) is 25.8 Å². The lowest BCUT2D eigenvalue weighted by molar-refractivity contribution is 0.0669. The molecule has 1 unspecified atom stereocenters. The van der Waals surface area contributed by atoms with E-state index in [1.165, 1.54) is 6.07 Å². The van der Waals surface area contributed by atoms with Gasteiger partial charge in [0.25, 0.3) is 5.91 Å². The summed E-state index contributed by atoms with van der Waals surface area (Å²) in [6.07, 6.45) is 0. The molecule has 2 heterocycles. The summed E-state index contributed by atoms with van der Waals surface area (Å²) < 4.78 is 14.7. The van der Waals surface area contributed by atoms with Gasteiger partial charge in [0, 0.05) is 35.8 Å². The number of pyridine rings is 1. The zero-order chi connectivity index (χ0) is 17.3. The normalized spacial score (nSPS) is 17.9. The summed E-state index contributed by atoms with van der Waals surface area (Å²) >= 11 is 3.30. The van der Waals surface area contributed by atoms with Crippen LogP contribution in [0.1, 0.15) is 23.0 Å². The minimum atomic E-state index is -0.488. The highest BCUT2D eigenvalue weighted by atomic mass is 79.9. The molecule has 1 aliphatic rings. The number of halogens is 2. The molecule has 1 fully saturated rings. The molecule has 1 atom stereocenters. The Kier molecular flexibility index (Phi) is 4.85. The number of aromatic nitrogens is 1. The highest BCUT2D eigenvalue weighted by Crippen LogP contribution is 2.22. The average Bonchev–Trinajstić information content (AvgIpc) is 2.56. The van der Waals surface area contributed by atoms with Crippen LogP contribution in [0.15, 0.2) is 40.9 Å². The average molecular weight is 392 g/mol. The molecule has 0 bridgehead atoms. The van der Waals surface area contributed by atoms with E-state index in [1.54, 1.807) is 17.0 Å². The molecule has 6 heteroatoms. The van der Waals surface area contributed by atoms with Gasteiger partial charge >= 0.3 is 0 Å². The van der Waals surface area contributed by atoms with Crippen molar-refractivity contribution in [3.05, 3.63) is 57.9 Å². The standard InChI is InChI=1S/C18H19BrFN3O/c1-12-4-3-5-17(21-12)22-8-9-23(13(2)11-22)18(24)15-10-14(19)6-7-16(15)20/h3-7,10,13H,8-9,11H2,1-2H3. The molecule has 1 aliphatic heterocycles. The predicted molar refractivity (Wildman–Crippen MR) is 95.8 cm³/mol. The molecule has 0 saturated carbocycles. The van der Waals surface area contributed by atoms with Crippen molar-refractivity contribution in [3.8, 4) is 0 Å². The van der Waals surface area contributed by atoms with Crippen molar-refractivity contribution in [3.63, 3.8) is 0 Å². The van der Waals surface area contributed by atoms with Crippen LogP contribution in [0.3, 0.4) is 0 Å². The molecule has 0 spiro atoms. The first-order chi connectivity index (χ1) is 11.5. The SMILES string of the molecule is Cc1cccc(N2CCN(C(=O)c3cc(Br)ccc3F)C(C)C2)n1. The second-order valence-corrected chi connectivity index (χ2v) is 6.97. The molecule has 2 aromatic rings. The quantitative estimate of drug-likeness (QED) is 0.783. The maximum Gasteiger partial charge on any atom is 0.257 e. The summed E-state index contributed by atoms with van der Waals surface area (Å²) in [6, 6.07) is 10.3. The first kappa shape index (κ1) is 16.9. The molecule has 4 nitrogen and oxygen atoms in total. The van der Waals surface area contributed by atoms with Gasteiger partial charge in [0.15, 0.2) is 0 Å². The van der Waals surface area contributed by atoms with Gasteiger partial charge in [0.2, 0.25) is 0 Å². The number of carbonyl (C=O) groups excluding carboxylic acids is 1. The van der Waals surface area contributed by atoms with Crippen LogP contribution in [0, 0.1) is 12.7 Å². The van der Waals surface area contributed by atoms with Crippen molar-refractivity contribution in [1.29, 1.82) is 0 Å². The first-order valence-electron chi connectivity index (χ1n) is 7.90. The Labute approximate surface area is 149 Å². The molecule has 1 aromatic carbocycles. The summed E-state index contributed by atoms with van der Waals surface area (Å²) in [4.78, 5) is 21.2. The van der Waals surface area contributed by atoms with E-state index in [9.17, 15) is 9.18 Å². The van der Waals surface area contributed by atoms with Gasteiger partial charge < -0.3 is 9.80 Å². The van der Waals surface area contributed by atoms with Gasteiger partial charge in [-0.3, -0.25) is 4.79 Å². The first-order valence-corrected chi connectivity index (χ1v) is 8.69. The van der Waals surface area contributed by atoms with E-state index in [-0.39, 0.29) is 17.5 Å². The fourth-order valence-electron chi connectivity index (χ4n) is 2.99. The number of hydrogen-bond donors (Lipinski definition) is 0. The number of anilines is 1. The van der Waals surface area contributed by atoms with Gasteiger partial charge in [0.1, 0.15) is 11.6 Å². The van der Waals surface area contributed by atoms with E-state index in [4.69, 9.17) is 0 Å². The fraction of sp³-hybridized carbons (Fsp3) is 0.333. The zero-order valence-corrected chi connectivity index (χ0v) is 15.3. The van der Waals surface area contributed by atoms with Crippen molar-refractivity contribution < 1.29 is 9.18 Å². The third-order valence-electron chi connectivity index (χ3n) is 4.24. The Hall–Kier alpha value is -1.95. The minimum absolute atomic E-state index is 0.0213. The summed E-state index contributed by atoms with van der Waals surface area (Å²) in [6.45, 7) is 5.85. The van der Waals surface area contributed by atoms with Gasteiger partial charge in [-0.2, -0.15) is 0 Å². The molecule has 24 heavy (non-hydrogen) atoms. The Bertz CT molecular complexity index is 768. The Morgan fingerprint density at radius 2 is 2.08 bits per heavy atom. The second kappa shape index (κ2) is 6.89. The topological polar surface area (TPSA) is 36.4 Å². The summed E-state index contributed by atoms with van der Waals surface area (Å²) in [5.74, 6) is 0.166. The zero-order valence-electron chi connectivity index (χ0n) is 13.7. The van der Waals surface area contributed by atoms with Gasteiger partial charge in [-0.25, -0.2) is 9.37 Å². The number of hydrogen-bond acceptors (Lipinski definition) is 3. The fourth-order valence-corrected chi connectivity index (χ4v) is 3.35. The number of benzene rings is 1. The summed E-state index contributed by atoms with van der Waals surface area (Å²) in [5.41, 5.74) is 1.08. The van der Waals surface area contributed by atoms with E-state index in [1.807, 2.05) is 32.0 Å². The van der Waals surface area contributed by atoms with Crippen LogP contribution in [0.5, 0.6) is 0 Å². The second-order valence-electron chi connectivity index (χ2n) is 6.05. The number of piperazine rings is 1. The third kappa shape index (κ3) is 3.43. The lowest BCUT2D eigenvalue weighted by atomic mass is 10.1. The van der Waals surface area contributed by atoms with Crippen molar-refractivity contribution in [2.75, 3.05) is 24.5 Å². The van der Waals surface area contributed by atoms with E-state index < -0.39 is 5.82 Å². The number of rotatable bonds is 2. The van der Waals surface area contributed by atoms with E-state index >= 15 is 0 Å². The van der Waals surface area contributed by atoms with E-state index in [0.29, 0.717) is 24.1 Å². The lowest BCUT2D eigenvalue weighted by Crippen LogP contribution is -2.54. The maximum atomic E-state index is 14.0. The Morgan fingerprint density at radius 3 is 2.79 bits per heavy atom. The van der Waals surface area contributed by atoms with Crippen LogP contribution in [0.2, 0.25) is 0 Å². The summed E-state index contributed by atoms with van der Waals surface area (Å²) in [5, 5.41) is 0. The number of amides is 1. The van der Waals surface area contributed by atoms with E-state index in [0.717, 1.165) is 11.5 Å². The van der Waals surface area contributed by atoms with Crippen molar-refractivity contribution in [2.24, 2.45) is 0 Å². The molecule has 0 N–H and O–H groups in total. The highest BCUT2D eigenvalue weighted by molar-refractivity contribution is 9.10. The monoisotopic (exact) mass is 391 g/mol. The van der Waals surface area contributed by atoms with Crippen molar-refractivity contribution in [1.82, 2.24) is 9.88 Å². The molecule has 1 saturated heterocycles.